The van der Waals surface area contributed by atoms with Gasteiger partial charge in [0.1, 0.15) is 5.82 Å². The van der Waals surface area contributed by atoms with Crippen LogP contribution >= 0.6 is 0 Å². The molecule has 5 nitrogen and oxygen atoms in total. The van der Waals surface area contributed by atoms with Crippen molar-refractivity contribution in [1.82, 2.24) is 9.88 Å². The standard InChI is InChI=1S/C16H20F3N3O2/c17-16(18,19)11-3-4-14(20-10-11)21-15(23)13-2-1-7-22(13)12-5-8-24-9-6-12/h3-4,10,12-13H,1-2,5-9H2,(H,20,21,23)/t13-/m0/s1. The molecule has 0 spiro atoms. The van der Waals surface area contributed by atoms with Gasteiger partial charge in [-0.3, -0.25) is 9.69 Å². The summed E-state index contributed by atoms with van der Waals surface area (Å²) < 4.78 is 43.0. The van der Waals surface area contributed by atoms with E-state index in [-0.39, 0.29) is 17.8 Å². The molecule has 8 heteroatoms. The molecule has 0 unspecified atom stereocenters. The van der Waals surface area contributed by atoms with Gasteiger partial charge < -0.3 is 10.1 Å². The molecule has 1 aromatic rings. The monoisotopic (exact) mass is 343 g/mol. The summed E-state index contributed by atoms with van der Waals surface area (Å²) in [4.78, 5) is 18.4. The van der Waals surface area contributed by atoms with Crippen molar-refractivity contribution in [2.24, 2.45) is 0 Å². The summed E-state index contributed by atoms with van der Waals surface area (Å²) in [5.74, 6) is -0.0573. The molecule has 132 valence electrons. The molecule has 0 radical (unpaired) electrons. The first-order chi connectivity index (χ1) is 11.4. The minimum atomic E-state index is -4.43. The number of likely N-dealkylation sites (tertiary alicyclic amines) is 1. The third-order valence-corrected chi connectivity index (χ3v) is 4.60. The Bertz CT molecular complexity index is 571. The first-order valence-electron chi connectivity index (χ1n) is 8.13. The highest BCUT2D eigenvalue weighted by molar-refractivity contribution is 5.94. The average Bonchev–Trinajstić information content (AvgIpc) is 3.05. The third-order valence-electron chi connectivity index (χ3n) is 4.60. The fourth-order valence-electron chi connectivity index (χ4n) is 3.37. The highest BCUT2D eigenvalue weighted by Crippen LogP contribution is 2.29. The molecule has 0 saturated carbocycles. The molecule has 3 rings (SSSR count). The van der Waals surface area contributed by atoms with Crippen LogP contribution < -0.4 is 5.32 Å². The van der Waals surface area contributed by atoms with Gasteiger partial charge in [-0.2, -0.15) is 13.2 Å². The largest absolute Gasteiger partial charge is 0.417 e. The maximum absolute atomic E-state index is 12.5. The van der Waals surface area contributed by atoms with Crippen LogP contribution in [0.1, 0.15) is 31.2 Å². The number of carbonyl (C=O) groups is 1. The summed E-state index contributed by atoms with van der Waals surface area (Å²) in [6.07, 6.45) is -0.189. The normalized spacial score (nSPS) is 23.4. The maximum atomic E-state index is 12.5. The number of aromatic nitrogens is 1. The molecule has 2 saturated heterocycles. The second kappa shape index (κ2) is 7.06. The smallest absolute Gasteiger partial charge is 0.381 e. The molecular formula is C16H20F3N3O2. The molecule has 2 fully saturated rings. The van der Waals surface area contributed by atoms with Crippen molar-refractivity contribution in [1.29, 1.82) is 0 Å². The van der Waals surface area contributed by atoms with Gasteiger partial charge in [-0.15, -0.1) is 0 Å². The number of hydrogen-bond donors (Lipinski definition) is 1. The fourth-order valence-corrected chi connectivity index (χ4v) is 3.37. The predicted molar refractivity (Wildman–Crippen MR) is 81.4 cm³/mol. The number of amides is 1. The van der Waals surface area contributed by atoms with E-state index in [9.17, 15) is 18.0 Å². The number of carbonyl (C=O) groups excluding carboxylic acids is 1. The van der Waals surface area contributed by atoms with E-state index in [1.807, 2.05) is 0 Å². The number of nitrogens with zero attached hydrogens (tertiary/aromatic N) is 2. The minimum Gasteiger partial charge on any atom is -0.381 e. The van der Waals surface area contributed by atoms with E-state index >= 15 is 0 Å². The topological polar surface area (TPSA) is 54.5 Å². The predicted octanol–water partition coefficient (Wildman–Crippen LogP) is 2.68. The van der Waals surface area contributed by atoms with Gasteiger partial charge in [0, 0.05) is 25.5 Å². The second-order valence-electron chi connectivity index (χ2n) is 6.16. The lowest BCUT2D eigenvalue weighted by Gasteiger charge is -2.34. The van der Waals surface area contributed by atoms with Crippen molar-refractivity contribution in [3.63, 3.8) is 0 Å². The summed E-state index contributed by atoms with van der Waals surface area (Å²) in [7, 11) is 0. The Morgan fingerprint density at radius 2 is 2.00 bits per heavy atom. The molecule has 1 amide bonds. The quantitative estimate of drug-likeness (QED) is 0.917. The van der Waals surface area contributed by atoms with Crippen LogP contribution in [0.25, 0.3) is 0 Å². The fraction of sp³-hybridized carbons (Fsp3) is 0.625. The van der Waals surface area contributed by atoms with Crippen molar-refractivity contribution in [3.8, 4) is 0 Å². The highest BCUT2D eigenvalue weighted by atomic mass is 19.4. The Labute approximate surface area is 138 Å². The van der Waals surface area contributed by atoms with Crippen LogP contribution in [0.5, 0.6) is 0 Å². The molecule has 2 aliphatic rings. The maximum Gasteiger partial charge on any atom is 0.417 e. The van der Waals surface area contributed by atoms with E-state index in [1.54, 1.807) is 0 Å². The lowest BCUT2D eigenvalue weighted by atomic mass is 10.1. The van der Waals surface area contributed by atoms with Crippen LogP contribution in [-0.4, -0.2) is 47.6 Å². The number of nitrogens with one attached hydrogen (secondary N) is 1. The lowest BCUT2D eigenvalue weighted by Crippen LogP contribution is -2.47. The molecule has 2 aliphatic heterocycles. The number of rotatable bonds is 3. The van der Waals surface area contributed by atoms with E-state index < -0.39 is 11.7 Å². The van der Waals surface area contributed by atoms with Gasteiger partial charge in [-0.25, -0.2) is 4.98 Å². The van der Waals surface area contributed by atoms with Crippen molar-refractivity contribution in [2.45, 2.75) is 43.9 Å². The van der Waals surface area contributed by atoms with Crippen LogP contribution in [-0.2, 0) is 15.7 Å². The summed E-state index contributed by atoms with van der Waals surface area (Å²) in [5.41, 5.74) is -0.829. The SMILES string of the molecule is O=C(Nc1ccc(C(F)(F)F)cn1)[C@@H]1CCCN1C1CCOCC1. The van der Waals surface area contributed by atoms with Crippen LogP contribution in [0.4, 0.5) is 19.0 Å². The number of ether oxygens (including phenoxy) is 1. The highest BCUT2D eigenvalue weighted by Gasteiger charge is 2.36. The molecule has 1 aromatic heterocycles. The van der Waals surface area contributed by atoms with Gasteiger partial charge in [-0.05, 0) is 44.4 Å². The van der Waals surface area contributed by atoms with E-state index in [0.717, 1.165) is 44.5 Å². The molecule has 0 aromatic carbocycles. The van der Waals surface area contributed by atoms with Crippen molar-refractivity contribution >= 4 is 11.7 Å². The summed E-state index contributed by atoms with van der Waals surface area (Å²) >= 11 is 0. The van der Waals surface area contributed by atoms with Crippen molar-refractivity contribution in [3.05, 3.63) is 23.9 Å². The average molecular weight is 343 g/mol. The lowest BCUT2D eigenvalue weighted by molar-refractivity contribution is -0.137. The Morgan fingerprint density at radius 3 is 2.62 bits per heavy atom. The Balaban J connectivity index is 1.63. The molecule has 3 heterocycles. The molecule has 0 bridgehead atoms. The van der Waals surface area contributed by atoms with Gasteiger partial charge in [0.15, 0.2) is 0 Å². The molecule has 1 N–H and O–H groups in total. The zero-order valence-corrected chi connectivity index (χ0v) is 13.2. The second-order valence-corrected chi connectivity index (χ2v) is 6.16. The number of anilines is 1. The van der Waals surface area contributed by atoms with Gasteiger partial charge in [0.2, 0.25) is 5.91 Å². The van der Waals surface area contributed by atoms with Crippen LogP contribution in [0.2, 0.25) is 0 Å². The Hall–Kier alpha value is -1.67. The number of alkyl halides is 3. The first kappa shape index (κ1) is 17.2. The van der Waals surface area contributed by atoms with Gasteiger partial charge >= 0.3 is 6.18 Å². The van der Waals surface area contributed by atoms with Crippen LogP contribution in [0.15, 0.2) is 18.3 Å². The number of hydrogen-bond acceptors (Lipinski definition) is 4. The zero-order chi connectivity index (χ0) is 17.2. The summed E-state index contributed by atoms with van der Waals surface area (Å²) in [5, 5.41) is 2.64. The summed E-state index contributed by atoms with van der Waals surface area (Å²) in [6.45, 7) is 2.27. The van der Waals surface area contributed by atoms with Gasteiger partial charge in [-0.1, -0.05) is 0 Å². The molecular weight excluding hydrogens is 323 g/mol. The van der Waals surface area contributed by atoms with E-state index in [2.05, 4.69) is 15.2 Å². The number of halogens is 3. The van der Waals surface area contributed by atoms with Gasteiger partial charge in [0.05, 0.1) is 11.6 Å². The Kier molecular flexibility index (Phi) is 5.05. The van der Waals surface area contributed by atoms with Crippen LogP contribution in [0.3, 0.4) is 0 Å². The first-order valence-corrected chi connectivity index (χ1v) is 8.13. The van der Waals surface area contributed by atoms with Crippen molar-refractivity contribution < 1.29 is 22.7 Å². The van der Waals surface area contributed by atoms with Gasteiger partial charge in [0.25, 0.3) is 0 Å². The molecule has 24 heavy (non-hydrogen) atoms. The summed E-state index contributed by atoms with van der Waals surface area (Å²) in [6, 6.07) is 2.19. The third kappa shape index (κ3) is 3.87. The zero-order valence-electron chi connectivity index (χ0n) is 13.2. The molecule has 1 atom stereocenters. The van der Waals surface area contributed by atoms with E-state index in [1.165, 1.54) is 6.07 Å². The molecule has 0 aliphatic carbocycles. The van der Waals surface area contributed by atoms with E-state index in [4.69, 9.17) is 4.74 Å². The van der Waals surface area contributed by atoms with E-state index in [0.29, 0.717) is 19.3 Å². The van der Waals surface area contributed by atoms with Crippen LogP contribution in [0, 0.1) is 0 Å². The van der Waals surface area contributed by atoms with Crippen molar-refractivity contribution in [2.75, 3.05) is 25.1 Å². The number of pyridine rings is 1. The minimum absolute atomic E-state index is 0.145. The Morgan fingerprint density at radius 1 is 1.25 bits per heavy atom.